The lowest BCUT2D eigenvalue weighted by Gasteiger charge is -2.18. The van der Waals surface area contributed by atoms with Crippen LogP contribution in [0.1, 0.15) is 11.1 Å². The molecule has 1 aromatic rings. The van der Waals surface area contributed by atoms with E-state index in [4.69, 9.17) is 0 Å². The van der Waals surface area contributed by atoms with Gasteiger partial charge in [0.25, 0.3) is 0 Å². The Morgan fingerprint density at radius 2 is 1.89 bits per heavy atom. The summed E-state index contributed by atoms with van der Waals surface area (Å²) in [4.78, 5) is 0. The second-order valence-electron chi connectivity index (χ2n) is 4.59. The highest BCUT2D eigenvalue weighted by atomic mass is 32.2. The minimum Gasteiger partial charge on any atom is -0.316 e. The SMILES string of the molecule is CNC1CSCC1Cc1ccc(C(F)(F)F)cc1. The molecule has 2 rings (SSSR count). The summed E-state index contributed by atoms with van der Waals surface area (Å²) in [7, 11) is 1.94. The Balaban J connectivity index is 2.02. The van der Waals surface area contributed by atoms with Gasteiger partial charge in [0.1, 0.15) is 0 Å². The number of alkyl halides is 3. The lowest BCUT2D eigenvalue weighted by atomic mass is 9.94. The van der Waals surface area contributed by atoms with E-state index in [1.54, 1.807) is 12.1 Å². The summed E-state index contributed by atoms with van der Waals surface area (Å²) in [6.07, 6.45) is -3.40. The van der Waals surface area contributed by atoms with E-state index in [-0.39, 0.29) is 0 Å². The van der Waals surface area contributed by atoms with Crippen LogP contribution in [0.4, 0.5) is 13.2 Å². The monoisotopic (exact) mass is 275 g/mol. The van der Waals surface area contributed by atoms with Crippen LogP contribution in [0.5, 0.6) is 0 Å². The second-order valence-corrected chi connectivity index (χ2v) is 5.67. The van der Waals surface area contributed by atoms with Crippen LogP contribution >= 0.6 is 11.8 Å². The molecule has 18 heavy (non-hydrogen) atoms. The fourth-order valence-electron chi connectivity index (χ4n) is 2.25. The standard InChI is InChI=1S/C13H16F3NS/c1-17-12-8-18-7-10(12)6-9-2-4-11(5-3-9)13(14,15)16/h2-5,10,12,17H,6-8H2,1H3. The predicted octanol–water partition coefficient (Wildman–Crippen LogP) is 3.20. The first-order chi connectivity index (χ1) is 8.50. The Labute approximate surface area is 109 Å². The van der Waals surface area contributed by atoms with Gasteiger partial charge in [-0.3, -0.25) is 0 Å². The fourth-order valence-corrected chi connectivity index (χ4v) is 3.73. The number of rotatable bonds is 3. The molecular weight excluding hydrogens is 259 g/mol. The smallest absolute Gasteiger partial charge is 0.316 e. The van der Waals surface area contributed by atoms with Crippen LogP contribution in [0, 0.1) is 5.92 Å². The molecule has 5 heteroatoms. The van der Waals surface area contributed by atoms with Crippen molar-refractivity contribution in [2.24, 2.45) is 5.92 Å². The van der Waals surface area contributed by atoms with E-state index in [1.807, 2.05) is 18.8 Å². The van der Waals surface area contributed by atoms with E-state index in [0.717, 1.165) is 23.5 Å². The Bertz CT molecular complexity index is 388. The van der Waals surface area contributed by atoms with Crippen LogP contribution in [0.3, 0.4) is 0 Å². The van der Waals surface area contributed by atoms with Crippen molar-refractivity contribution in [3.63, 3.8) is 0 Å². The first-order valence-electron chi connectivity index (χ1n) is 5.92. The minimum absolute atomic E-state index is 0.470. The molecule has 1 heterocycles. The van der Waals surface area contributed by atoms with E-state index < -0.39 is 11.7 Å². The van der Waals surface area contributed by atoms with Crippen molar-refractivity contribution < 1.29 is 13.2 Å². The van der Waals surface area contributed by atoms with Gasteiger partial charge in [0.2, 0.25) is 0 Å². The van der Waals surface area contributed by atoms with Crippen LogP contribution < -0.4 is 5.32 Å². The number of thioether (sulfide) groups is 1. The van der Waals surface area contributed by atoms with Crippen molar-refractivity contribution in [1.29, 1.82) is 0 Å². The lowest BCUT2D eigenvalue weighted by molar-refractivity contribution is -0.137. The highest BCUT2D eigenvalue weighted by Crippen LogP contribution is 2.31. The molecule has 0 amide bonds. The molecule has 1 aliphatic heterocycles. The zero-order valence-corrected chi connectivity index (χ0v) is 10.9. The maximum absolute atomic E-state index is 12.4. The largest absolute Gasteiger partial charge is 0.416 e. The van der Waals surface area contributed by atoms with Crippen LogP contribution in [0.15, 0.2) is 24.3 Å². The molecule has 0 spiro atoms. The molecule has 0 saturated carbocycles. The summed E-state index contributed by atoms with van der Waals surface area (Å²) in [6.45, 7) is 0. The van der Waals surface area contributed by atoms with E-state index >= 15 is 0 Å². The van der Waals surface area contributed by atoms with E-state index in [9.17, 15) is 13.2 Å². The van der Waals surface area contributed by atoms with Gasteiger partial charge in [-0.1, -0.05) is 12.1 Å². The molecule has 100 valence electrons. The Morgan fingerprint density at radius 1 is 1.22 bits per heavy atom. The van der Waals surface area contributed by atoms with Crippen molar-refractivity contribution >= 4 is 11.8 Å². The molecule has 1 N–H and O–H groups in total. The third-order valence-electron chi connectivity index (χ3n) is 3.35. The highest BCUT2D eigenvalue weighted by Gasteiger charge is 2.30. The number of nitrogens with one attached hydrogen (secondary N) is 1. The summed E-state index contributed by atoms with van der Waals surface area (Å²) in [5, 5.41) is 3.27. The average Bonchev–Trinajstić information content (AvgIpc) is 2.76. The lowest BCUT2D eigenvalue weighted by Crippen LogP contribution is -2.33. The topological polar surface area (TPSA) is 12.0 Å². The van der Waals surface area contributed by atoms with Gasteiger partial charge in [0, 0.05) is 11.8 Å². The molecule has 1 saturated heterocycles. The molecule has 0 aliphatic carbocycles. The molecule has 1 fully saturated rings. The van der Waals surface area contributed by atoms with Crippen molar-refractivity contribution in [3.8, 4) is 0 Å². The first-order valence-corrected chi connectivity index (χ1v) is 7.07. The van der Waals surface area contributed by atoms with Gasteiger partial charge in [0.15, 0.2) is 0 Å². The van der Waals surface area contributed by atoms with Crippen molar-refractivity contribution in [1.82, 2.24) is 5.32 Å². The van der Waals surface area contributed by atoms with E-state index in [0.29, 0.717) is 12.0 Å². The van der Waals surface area contributed by atoms with Gasteiger partial charge >= 0.3 is 6.18 Å². The summed E-state index contributed by atoms with van der Waals surface area (Å²) >= 11 is 1.90. The Kier molecular flexibility index (Phi) is 4.22. The third kappa shape index (κ3) is 3.20. The van der Waals surface area contributed by atoms with Gasteiger partial charge in [-0.15, -0.1) is 0 Å². The molecule has 2 atom stereocenters. The summed E-state index contributed by atoms with van der Waals surface area (Å²) in [6, 6.07) is 6.01. The molecule has 0 aromatic heterocycles. The fraction of sp³-hybridized carbons (Fsp3) is 0.538. The van der Waals surface area contributed by atoms with Crippen molar-refractivity contribution in [3.05, 3.63) is 35.4 Å². The van der Waals surface area contributed by atoms with E-state index in [1.165, 1.54) is 12.1 Å². The highest BCUT2D eigenvalue weighted by molar-refractivity contribution is 7.99. The number of benzene rings is 1. The van der Waals surface area contributed by atoms with Gasteiger partial charge in [-0.25, -0.2) is 0 Å². The third-order valence-corrected chi connectivity index (χ3v) is 4.61. The summed E-state index contributed by atoms with van der Waals surface area (Å²) in [5.74, 6) is 2.67. The zero-order chi connectivity index (χ0) is 13.2. The first kappa shape index (κ1) is 13.7. The van der Waals surface area contributed by atoms with Crippen LogP contribution in [-0.2, 0) is 12.6 Å². The van der Waals surface area contributed by atoms with Crippen molar-refractivity contribution in [2.75, 3.05) is 18.6 Å². The van der Waals surface area contributed by atoms with Crippen LogP contribution in [0.25, 0.3) is 0 Å². The Morgan fingerprint density at radius 3 is 2.44 bits per heavy atom. The Hall–Kier alpha value is -0.680. The minimum atomic E-state index is -4.24. The predicted molar refractivity (Wildman–Crippen MR) is 68.8 cm³/mol. The van der Waals surface area contributed by atoms with Gasteiger partial charge in [0.05, 0.1) is 5.56 Å². The average molecular weight is 275 g/mol. The van der Waals surface area contributed by atoms with E-state index in [2.05, 4.69) is 5.32 Å². The molecule has 2 unspecified atom stereocenters. The van der Waals surface area contributed by atoms with Crippen molar-refractivity contribution in [2.45, 2.75) is 18.6 Å². The molecule has 1 aromatic carbocycles. The molecule has 1 aliphatic rings. The molecule has 1 nitrogen and oxygen atoms in total. The quantitative estimate of drug-likeness (QED) is 0.909. The summed E-state index contributed by atoms with van der Waals surface area (Å²) < 4.78 is 37.3. The maximum Gasteiger partial charge on any atom is 0.416 e. The van der Waals surface area contributed by atoms with Crippen LogP contribution in [-0.4, -0.2) is 24.6 Å². The molecular formula is C13H16F3NS. The van der Waals surface area contributed by atoms with Gasteiger partial charge < -0.3 is 5.32 Å². The van der Waals surface area contributed by atoms with Gasteiger partial charge in [-0.05, 0) is 42.8 Å². The normalized spacial score (nSPS) is 24.4. The zero-order valence-electron chi connectivity index (χ0n) is 10.1. The van der Waals surface area contributed by atoms with Crippen LogP contribution in [0.2, 0.25) is 0 Å². The second kappa shape index (κ2) is 5.53. The number of hydrogen-bond donors (Lipinski definition) is 1. The molecule has 0 radical (unpaired) electrons. The number of hydrogen-bond acceptors (Lipinski definition) is 2. The summed E-state index contributed by atoms with van der Waals surface area (Å²) in [5.41, 5.74) is 0.410. The molecule has 0 bridgehead atoms. The van der Waals surface area contributed by atoms with Gasteiger partial charge in [-0.2, -0.15) is 24.9 Å². The maximum atomic E-state index is 12.4. The number of halogens is 3.